The lowest BCUT2D eigenvalue weighted by molar-refractivity contribution is 0.102. The van der Waals surface area contributed by atoms with Crippen LogP contribution in [0.15, 0.2) is 66.7 Å². The Balaban J connectivity index is 0.00000243. The van der Waals surface area contributed by atoms with Gasteiger partial charge >= 0.3 is 0 Å². The highest BCUT2D eigenvalue weighted by atomic mass is 35.5. The second kappa shape index (κ2) is 8.73. The van der Waals surface area contributed by atoms with E-state index in [-0.39, 0.29) is 24.0 Å². The molecule has 0 fully saturated rings. The standard InChI is InChI=1S/C19H18N4O2.ClH/c1-25-16-9-5-8-15(12-16)21-18-11-13(20)10-17(23-18)19(24)22-14-6-3-2-4-7-14;/h2-12H,1H3,(H,22,24)(H3,20,21,23);1H. The number of nitrogens with one attached hydrogen (secondary N) is 2. The van der Waals surface area contributed by atoms with Gasteiger partial charge in [-0.2, -0.15) is 0 Å². The molecule has 0 atom stereocenters. The first kappa shape index (κ1) is 19.1. The smallest absolute Gasteiger partial charge is 0.274 e. The van der Waals surface area contributed by atoms with Crippen LogP contribution < -0.4 is 21.1 Å². The van der Waals surface area contributed by atoms with Crippen molar-refractivity contribution in [1.29, 1.82) is 0 Å². The Morgan fingerprint density at radius 2 is 1.73 bits per heavy atom. The van der Waals surface area contributed by atoms with Crippen LogP contribution in [0.4, 0.5) is 22.9 Å². The first-order valence-corrected chi connectivity index (χ1v) is 7.69. The van der Waals surface area contributed by atoms with E-state index in [1.54, 1.807) is 25.3 Å². The van der Waals surface area contributed by atoms with Gasteiger partial charge < -0.3 is 21.1 Å². The van der Waals surface area contributed by atoms with Crippen LogP contribution >= 0.6 is 12.4 Å². The first-order chi connectivity index (χ1) is 12.1. The lowest BCUT2D eigenvalue weighted by atomic mass is 10.2. The molecule has 0 unspecified atom stereocenters. The van der Waals surface area contributed by atoms with Gasteiger partial charge in [0.1, 0.15) is 17.3 Å². The van der Waals surface area contributed by atoms with Crippen LogP contribution in [0.1, 0.15) is 10.5 Å². The number of halogens is 1. The predicted molar refractivity (Wildman–Crippen MR) is 107 cm³/mol. The van der Waals surface area contributed by atoms with Crippen molar-refractivity contribution in [2.45, 2.75) is 0 Å². The number of para-hydroxylation sites is 1. The summed E-state index contributed by atoms with van der Waals surface area (Å²) in [7, 11) is 1.60. The molecular formula is C19H19ClN4O2. The number of rotatable bonds is 5. The van der Waals surface area contributed by atoms with E-state index in [4.69, 9.17) is 10.5 Å². The van der Waals surface area contributed by atoms with E-state index in [9.17, 15) is 4.79 Å². The Bertz CT molecular complexity index is 888. The maximum absolute atomic E-state index is 12.4. The highest BCUT2D eigenvalue weighted by Crippen LogP contribution is 2.22. The Hall–Kier alpha value is -3.25. The average Bonchev–Trinajstić information content (AvgIpc) is 2.62. The van der Waals surface area contributed by atoms with Gasteiger partial charge in [0, 0.05) is 29.2 Å². The highest BCUT2D eigenvalue weighted by Gasteiger charge is 2.10. The summed E-state index contributed by atoms with van der Waals surface area (Å²) in [6.07, 6.45) is 0. The number of benzene rings is 2. The number of nitrogens with two attached hydrogens (primary N) is 1. The van der Waals surface area contributed by atoms with Crippen molar-refractivity contribution < 1.29 is 9.53 Å². The summed E-state index contributed by atoms with van der Waals surface area (Å²) in [6.45, 7) is 0. The molecule has 0 saturated heterocycles. The number of nitrogens with zero attached hydrogens (tertiary/aromatic N) is 1. The van der Waals surface area contributed by atoms with Gasteiger partial charge in [-0.05, 0) is 30.3 Å². The Labute approximate surface area is 157 Å². The molecule has 4 N–H and O–H groups in total. The summed E-state index contributed by atoms with van der Waals surface area (Å²) < 4.78 is 5.20. The largest absolute Gasteiger partial charge is 0.497 e. The van der Waals surface area contributed by atoms with Gasteiger partial charge in [0.2, 0.25) is 0 Å². The molecule has 0 aliphatic heterocycles. The number of carbonyl (C=O) groups excluding carboxylic acids is 1. The van der Waals surface area contributed by atoms with Gasteiger partial charge in [-0.1, -0.05) is 24.3 Å². The summed E-state index contributed by atoms with van der Waals surface area (Å²) in [6, 6.07) is 19.8. The van der Waals surface area contributed by atoms with Crippen LogP contribution in [-0.4, -0.2) is 18.0 Å². The van der Waals surface area contributed by atoms with E-state index in [0.717, 1.165) is 11.4 Å². The minimum Gasteiger partial charge on any atom is -0.497 e. The van der Waals surface area contributed by atoms with Crippen LogP contribution in [0.2, 0.25) is 0 Å². The van der Waals surface area contributed by atoms with E-state index in [0.29, 0.717) is 17.2 Å². The van der Waals surface area contributed by atoms with Crippen molar-refractivity contribution >= 4 is 41.2 Å². The number of pyridine rings is 1. The van der Waals surface area contributed by atoms with E-state index in [1.165, 1.54) is 6.07 Å². The fraction of sp³-hybridized carbons (Fsp3) is 0.0526. The summed E-state index contributed by atoms with van der Waals surface area (Å²) >= 11 is 0. The van der Waals surface area contributed by atoms with Crippen molar-refractivity contribution in [2.75, 3.05) is 23.5 Å². The monoisotopic (exact) mass is 370 g/mol. The number of anilines is 4. The number of hydrogen-bond acceptors (Lipinski definition) is 5. The molecular weight excluding hydrogens is 352 g/mol. The second-order valence-corrected chi connectivity index (χ2v) is 5.35. The van der Waals surface area contributed by atoms with Gasteiger partial charge in [-0.3, -0.25) is 4.79 Å². The number of aromatic nitrogens is 1. The fourth-order valence-corrected chi connectivity index (χ4v) is 2.30. The lowest BCUT2D eigenvalue weighted by Crippen LogP contribution is -2.14. The topological polar surface area (TPSA) is 89.3 Å². The van der Waals surface area contributed by atoms with E-state index < -0.39 is 0 Å². The zero-order chi connectivity index (χ0) is 17.6. The number of amides is 1. The number of nitrogen functional groups attached to an aromatic ring is 1. The van der Waals surface area contributed by atoms with Crippen molar-refractivity contribution in [3.8, 4) is 5.75 Å². The predicted octanol–water partition coefficient (Wildman–Crippen LogP) is 4.09. The minimum absolute atomic E-state index is 0. The second-order valence-electron chi connectivity index (χ2n) is 5.35. The van der Waals surface area contributed by atoms with Crippen molar-refractivity contribution in [1.82, 2.24) is 4.98 Å². The SMILES string of the molecule is COc1cccc(Nc2cc(N)cc(C(=O)Nc3ccccc3)n2)c1.Cl. The van der Waals surface area contributed by atoms with Gasteiger partial charge in [0.15, 0.2) is 0 Å². The molecule has 0 aliphatic carbocycles. The summed E-state index contributed by atoms with van der Waals surface area (Å²) in [5, 5.41) is 5.92. The minimum atomic E-state index is -0.327. The molecule has 3 rings (SSSR count). The van der Waals surface area contributed by atoms with Crippen LogP contribution in [0.25, 0.3) is 0 Å². The zero-order valence-electron chi connectivity index (χ0n) is 14.1. The van der Waals surface area contributed by atoms with Crippen LogP contribution in [0, 0.1) is 0 Å². The number of ether oxygens (including phenoxy) is 1. The summed E-state index contributed by atoms with van der Waals surface area (Å²) in [5.74, 6) is 0.870. The molecule has 1 heterocycles. The number of hydrogen-bond donors (Lipinski definition) is 3. The molecule has 1 amide bonds. The van der Waals surface area contributed by atoms with Crippen molar-refractivity contribution in [2.24, 2.45) is 0 Å². The van der Waals surface area contributed by atoms with Gasteiger partial charge in [-0.15, -0.1) is 12.4 Å². The van der Waals surface area contributed by atoms with Crippen molar-refractivity contribution in [3.63, 3.8) is 0 Å². The number of carbonyl (C=O) groups is 1. The van der Waals surface area contributed by atoms with Crippen molar-refractivity contribution in [3.05, 3.63) is 72.4 Å². The van der Waals surface area contributed by atoms with E-state index in [1.807, 2.05) is 42.5 Å². The Morgan fingerprint density at radius 1 is 1.00 bits per heavy atom. The molecule has 6 nitrogen and oxygen atoms in total. The molecule has 2 aromatic carbocycles. The maximum atomic E-state index is 12.4. The quantitative estimate of drug-likeness (QED) is 0.629. The van der Waals surface area contributed by atoms with Crippen LogP contribution in [0.3, 0.4) is 0 Å². The van der Waals surface area contributed by atoms with Gasteiger partial charge in [-0.25, -0.2) is 4.98 Å². The molecule has 0 spiro atoms. The van der Waals surface area contributed by atoms with Gasteiger partial charge in [0.05, 0.1) is 7.11 Å². The molecule has 1 aromatic heterocycles. The zero-order valence-corrected chi connectivity index (χ0v) is 14.9. The number of methoxy groups -OCH3 is 1. The molecule has 26 heavy (non-hydrogen) atoms. The normalized spacial score (nSPS) is 9.73. The average molecular weight is 371 g/mol. The third kappa shape index (κ3) is 4.87. The molecule has 3 aromatic rings. The molecule has 0 bridgehead atoms. The van der Waals surface area contributed by atoms with Gasteiger partial charge in [0.25, 0.3) is 5.91 Å². The summed E-state index contributed by atoms with van der Waals surface area (Å²) in [4.78, 5) is 16.7. The fourth-order valence-electron chi connectivity index (χ4n) is 2.30. The third-order valence-electron chi connectivity index (χ3n) is 3.45. The Kier molecular flexibility index (Phi) is 6.41. The molecule has 134 valence electrons. The lowest BCUT2D eigenvalue weighted by Gasteiger charge is -2.10. The molecule has 7 heteroatoms. The molecule has 0 saturated carbocycles. The third-order valence-corrected chi connectivity index (χ3v) is 3.45. The summed E-state index contributed by atoms with van der Waals surface area (Å²) in [5.41, 5.74) is 8.07. The molecule has 0 radical (unpaired) electrons. The molecule has 0 aliphatic rings. The van der Waals surface area contributed by atoms with Crippen LogP contribution in [-0.2, 0) is 0 Å². The van der Waals surface area contributed by atoms with Crippen LogP contribution in [0.5, 0.6) is 5.75 Å². The first-order valence-electron chi connectivity index (χ1n) is 7.69. The van der Waals surface area contributed by atoms with E-state index >= 15 is 0 Å². The van der Waals surface area contributed by atoms with E-state index in [2.05, 4.69) is 15.6 Å². The Morgan fingerprint density at radius 3 is 2.46 bits per heavy atom. The highest BCUT2D eigenvalue weighted by molar-refractivity contribution is 6.03. The maximum Gasteiger partial charge on any atom is 0.274 e.